The third-order valence-electron chi connectivity index (χ3n) is 1.69. The predicted molar refractivity (Wildman–Crippen MR) is 49.6 cm³/mol. The third kappa shape index (κ3) is 2.85. The number of carbonyl (C=O) groups excluding carboxylic acids is 1. The van der Waals surface area contributed by atoms with Crippen LogP contribution in [-0.4, -0.2) is 33.6 Å². The van der Waals surface area contributed by atoms with Gasteiger partial charge in [-0.25, -0.2) is 4.79 Å². The van der Waals surface area contributed by atoms with Crippen LogP contribution >= 0.6 is 0 Å². The summed E-state index contributed by atoms with van der Waals surface area (Å²) in [6, 6.07) is 1.80. The van der Waals surface area contributed by atoms with Crippen molar-refractivity contribution in [3.05, 3.63) is 18.0 Å². The lowest BCUT2D eigenvalue weighted by molar-refractivity contribution is -0.153. The minimum Gasteiger partial charge on any atom is -0.464 e. The van der Waals surface area contributed by atoms with Crippen molar-refractivity contribution in [2.45, 2.75) is 26.5 Å². The number of aryl methyl sites for hydroxylation is 1. The highest BCUT2D eigenvalue weighted by Crippen LogP contribution is 1.97. The standard InChI is InChI=1S/C9H14N2O3/c1-3-14-9(13)8(12)6-11-5-4-7(2)10-11/h4-5,8,12H,3,6H2,1-2H3. The van der Waals surface area contributed by atoms with Gasteiger partial charge < -0.3 is 9.84 Å². The minimum atomic E-state index is -1.14. The van der Waals surface area contributed by atoms with E-state index in [1.807, 2.05) is 6.92 Å². The van der Waals surface area contributed by atoms with E-state index in [-0.39, 0.29) is 13.2 Å². The zero-order valence-corrected chi connectivity index (χ0v) is 8.30. The van der Waals surface area contributed by atoms with E-state index in [0.717, 1.165) is 5.69 Å². The van der Waals surface area contributed by atoms with E-state index in [4.69, 9.17) is 0 Å². The molecule has 0 saturated carbocycles. The minimum absolute atomic E-state index is 0.132. The number of ether oxygens (including phenoxy) is 1. The second-order valence-corrected chi connectivity index (χ2v) is 2.95. The number of carbonyl (C=O) groups is 1. The Balaban J connectivity index is 2.48. The Kier molecular flexibility index (Phi) is 3.64. The van der Waals surface area contributed by atoms with E-state index in [2.05, 4.69) is 9.84 Å². The maximum atomic E-state index is 11.0. The van der Waals surface area contributed by atoms with E-state index >= 15 is 0 Å². The van der Waals surface area contributed by atoms with Crippen molar-refractivity contribution in [3.8, 4) is 0 Å². The van der Waals surface area contributed by atoms with Crippen LogP contribution in [0.1, 0.15) is 12.6 Å². The first-order valence-corrected chi connectivity index (χ1v) is 4.48. The molecule has 1 heterocycles. The van der Waals surface area contributed by atoms with Gasteiger partial charge in [0.15, 0.2) is 6.10 Å². The molecule has 1 aromatic heterocycles. The van der Waals surface area contributed by atoms with Gasteiger partial charge in [-0.05, 0) is 19.9 Å². The summed E-state index contributed by atoms with van der Waals surface area (Å²) in [6.45, 7) is 3.94. The maximum absolute atomic E-state index is 11.0. The van der Waals surface area contributed by atoms with Crippen molar-refractivity contribution >= 4 is 5.97 Å². The van der Waals surface area contributed by atoms with Crippen molar-refractivity contribution in [1.82, 2.24) is 9.78 Å². The summed E-state index contributed by atoms with van der Waals surface area (Å²) in [5.74, 6) is -0.611. The van der Waals surface area contributed by atoms with Crippen LogP contribution in [0.2, 0.25) is 0 Å². The molecule has 1 N–H and O–H groups in total. The number of aromatic nitrogens is 2. The molecule has 78 valence electrons. The van der Waals surface area contributed by atoms with Crippen LogP contribution in [-0.2, 0) is 16.1 Å². The van der Waals surface area contributed by atoms with Crippen LogP contribution in [0.5, 0.6) is 0 Å². The molecule has 5 nitrogen and oxygen atoms in total. The van der Waals surface area contributed by atoms with Gasteiger partial charge in [0.2, 0.25) is 0 Å². The van der Waals surface area contributed by atoms with Gasteiger partial charge in [-0.2, -0.15) is 5.10 Å². The van der Waals surface area contributed by atoms with E-state index in [1.165, 1.54) is 4.68 Å². The Morgan fingerprint density at radius 1 is 1.79 bits per heavy atom. The Hall–Kier alpha value is -1.36. The van der Waals surface area contributed by atoms with Crippen molar-refractivity contribution in [3.63, 3.8) is 0 Å². The number of nitrogens with zero attached hydrogens (tertiary/aromatic N) is 2. The predicted octanol–water partition coefficient (Wildman–Crippen LogP) is 0.116. The highest BCUT2D eigenvalue weighted by Gasteiger charge is 2.16. The van der Waals surface area contributed by atoms with Crippen molar-refractivity contribution in [2.75, 3.05) is 6.61 Å². The van der Waals surface area contributed by atoms with Crippen LogP contribution in [0.15, 0.2) is 12.3 Å². The Morgan fingerprint density at radius 3 is 3.00 bits per heavy atom. The van der Waals surface area contributed by atoms with Crippen LogP contribution < -0.4 is 0 Å². The summed E-state index contributed by atoms with van der Waals surface area (Å²) in [5, 5.41) is 13.4. The topological polar surface area (TPSA) is 64.3 Å². The molecular formula is C9H14N2O3. The van der Waals surface area contributed by atoms with Gasteiger partial charge in [0.25, 0.3) is 0 Å². The first kappa shape index (κ1) is 10.7. The number of hydrogen-bond acceptors (Lipinski definition) is 4. The Morgan fingerprint density at radius 2 is 2.50 bits per heavy atom. The first-order valence-electron chi connectivity index (χ1n) is 4.48. The fourth-order valence-corrected chi connectivity index (χ4v) is 1.06. The molecule has 14 heavy (non-hydrogen) atoms. The quantitative estimate of drug-likeness (QED) is 0.698. The van der Waals surface area contributed by atoms with Gasteiger partial charge in [0.05, 0.1) is 18.8 Å². The molecule has 0 bridgehead atoms. The zero-order valence-electron chi connectivity index (χ0n) is 8.30. The second kappa shape index (κ2) is 4.76. The summed E-state index contributed by atoms with van der Waals surface area (Å²) < 4.78 is 6.16. The average molecular weight is 198 g/mol. The molecule has 1 rings (SSSR count). The summed E-state index contributed by atoms with van der Waals surface area (Å²) in [7, 11) is 0. The lowest BCUT2D eigenvalue weighted by Crippen LogP contribution is -2.28. The van der Waals surface area contributed by atoms with Gasteiger partial charge >= 0.3 is 5.97 Å². The van der Waals surface area contributed by atoms with Gasteiger partial charge in [0.1, 0.15) is 0 Å². The van der Waals surface area contributed by atoms with E-state index in [0.29, 0.717) is 0 Å². The first-order chi connectivity index (χ1) is 6.63. The number of hydrogen-bond donors (Lipinski definition) is 1. The Bertz CT molecular complexity index is 309. The molecule has 0 aliphatic carbocycles. The maximum Gasteiger partial charge on any atom is 0.336 e. The van der Waals surface area contributed by atoms with Crippen LogP contribution in [0, 0.1) is 6.92 Å². The summed E-state index contributed by atoms with van der Waals surface area (Å²) in [5.41, 5.74) is 0.848. The van der Waals surface area contributed by atoms with Gasteiger partial charge in [-0.15, -0.1) is 0 Å². The largest absolute Gasteiger partial charge is 0.464 e. The number of rotatable bonds is 4. The molecule has 0 aliphatic rings. The SMILES string of the molecule is CCOC(=O)C(O)Cn1ccc(C)n1. The average Bonchev–Trinajstić information content (AvgIpc) is 2.51. The highest BCUT2D eigenvalue weighted by atomic mass is 16.5. The molecule has 5 heteroatoms. The van der Waals surface area contributed by atoms with Crippen LogP contribution in [0.25, 0.3) is 0 Å². The third-order valence-corrected chi connectivity index (χ3v) is 1.69. The van der Waals surface area contributed by atoms with Crippen molar-refractivity contribution in [2.24, 2.45) is 0 Å². The van der Waals surface area contributed by atoms with Crippen LogP contribution in [0.3, 0.4) is 0 Å². The monoisotopic (exact) mass is 198 g/mol. The molecular weight excluding hydrogens is 184 g/mol. The summed E-state index contributed by atoms with van der Waals surface area (Å²) >= 11 is 0. The molecule has 0 radical (unpaired) electrons. The fraction of sp³-hybridized carbons (Fsp3) is 0.556. The molecule has 1 aromatic rings. The molecule has 0 spiro atoms. The summed E-state index contributed by atoms with van der Waals surface area (Å²) in [4.78, 5) is 11.0. The molecule has 0 aliphatic heterocycles. The Labute approximate surface area is 82.3 Å². The number of esters is 1. The fourth-order valence-electron chi connectivity index (χ4n) is 1.06. The summed E-state index contributed by atoms with van der Waals surface area (Å²) in [6.07, 6.45) is 0.562. The number of aliphatic hydroxyl groups is 1. The molecule has 0 fully saturated rings. The second-order valence-electron chi connectivity index (χ2n) is 2.95. The molecule has 1 atom stereocenters. The molecule has 0 aromatic carbocycles. The van der Waals surface area contributed by atoms with Gasteiger partial charge in [-0.3, -0.25) is 4.68 Å². The van der Waals surface area contributed by atoms with Gasteiger partial charge in [0, 0.05) is 6.20 Å². The van der Waals surface area contributed by atoms with Crippen LogP contribution in [0.4, 0.5) is 0 Å². The lowest BCUT2D eigenvalue weighted by atomic mass is 10.3. The smallest absolute Gasteiger partial charge is 0.336 e. The van der Waals surface area contributed by atoms with E-state index in [9.17, 15) is 9.90 Å². The van der Waals surface area contributed by atoms with E-state index < -0.39 is 12.1 Å². The molecule has 0 amide bonds. The zero-order chi connectivity index (χ0) is 10.6. The normalized spacial score (nSPS) is 12.5. The van der Waals surface area contributed by atoms with Crippen molar-refractivity contribution in [1.29, 1.82) is 0 Å². The lowest BCUT2D eigenvalue weighted by Gasteiger charge is -2.09. The van der Waals surface area contributed by atoms with Crippen molar-refractivity contribution < 1.29 is 14.6 Å². The number of aliphatic hydroxyl groups excluding tert-OH is 1. The molecule has 1 unspecified atom stereocenters. The highest BCUT2D eigenvalue weighted by molar-refractivity contribution is 5.74. The van der Waals surface area contributed by atoms with E-state index in [1.54, 1.807) is 19.2 Å². The van der Waals surface area contributed by atoms with Gasteiger partial charge in [-0.1, -0.05) is 0 Å². The molecule has 0 saturated heterocycles.